The Labute approximate surface area is 199 Å². The molecule has 10 heteroatoms. The molecule has 184 valence electrons. The number of rotatable bonds is 4. The topological polar surface area (TPSA) is 111 Å². The number of hydrogen-bond donors (Lipinski definition) is 1. The second-order valence-electron chi connectivity index (χ2n) is 9.93. The monoisotopic (exact) mass is 473 g/mol. The van der Waals surface area contributed by atoms with Crippen LogP contribution in [0.3, 0.4) is 0 Å². The summed E-state index contributed by atoms with van der Waals surface area (Å²) in [4.78, 5) is 32.3. The molecule has 3 aliphatic heterocycles. The van der Waals surface area contributed by atoms with Gasteiger partial charge in [-0.2, -0.15) is 0 Å². The molecule has 0 aliphatic carbocycles. The first-order valence-corrected chi connectivity index (χ1v) is 11.4. The van der Waals surface area contributed by atoms with Crippen molar-refractivity contribution < 1.29 is 33.6 Å². The van der Waals surface area contributed by atoms with E-state index >= 15 is 0 Å². The molecule has 4 rings (SSSR count). The van der Waals surface area contributed by atoms with Gasteiger partial charge in [0.25, 0.3) is 0 Å². The molecule has 0 saturated carbocycles. The van der Waals surface area contributed by atoms with Gasteiger partial charge in [-0.15, -0.1) is 6.42 Å². The summed E-state index contributed by atoms with van der Waals surface area (Å²) >= 11 is 0. The number of anilines is 1. The Morgan fingerprint density at radius 3 is 2.68 bits per heavy atom. The first-order chi connectivity index (χ1) is 16.0. The number of carbonyl (C=O) groups excluding carboxylic acids is 1. The lowest BCUT2D eigenvalue weighted by Crippen LogP contribution is -2.68. The van der Waals surface area contributed by atoms with Crippen molar-refractivity contribution in [3.63, 3.8) is 0 Å². The predicted octanol–water partition coefficient (Wildman–Crippen LogP) is 1.90. The van der Waals surface area contributed by atoms with E-state index in [1.54, 1.807) is 27.0 Å². The van der Waals surface area contributed by atoms with Crippen molar-refractivity contribution in [2.45, 2.75) is 63.5 Å². The molecular weight excluding hydrogens is 442 g/mol. The highest BCUT2D eigenvalue weighted by molar-refractivity contribution is 5.81. The van der Waals surface area contributed by atoms with E-state index in [4.69, 9.17) is 25.4 Å². The standard InChI is InChI=1S/C24H31N3O7/c1-6-16-9-18(26-7-8-32-24(15(26)2)13-31-14-24)20(25-11-16)33-17-10-19(21(28)29)27(12-17)22(30)34-23(3,4)5/h1,9,11,15,17,19H,7-8,10,12-14H2,2-5H3,(H,28,29)/t15-,17?,19-/m0/s1. The van der Waals surface area contributed by atoms with Crippen molar-refractivity contribution in [1.82, 2.24) is 9.88 Å². The predicted molar refractivity (Wildman–Crippen MR) is 122 cm³/mol. The maximum absolute atomic E-state index is 12.6. The molecule has 1 aromatic rings. The molecule has 3 fully saturated rings. The molecule has 3 saturated heterocycles. The number of aromatic nitrogens is 1. The fourth-order valence-corrected chi connectivity index (χ4v) is 4.52. The average molecular weight is 474 g/mol. The summed E-state index contributed by atoms with van der Waals surface area (Å²) in [7, 11) is 0. The zero-order valence-electron chi connectivity index (χ0n) is 19.9. The number of carboxylic acids is 1. The first-order valence-electron chi connectivity index (χ1n) is 11.4. The normalized spacial score (nSPS) is 26.0. The van der Waals surface area contributed by atoms with Crippen molar-refractivity contribution >= 4 is 17.7 Å². The Kier molecular flexibility index (Phi) is 6.36. The van der Waals surface area contributed by atoms with Crippen molar-refractivity contribution in [3.05, 3.63) is 17.8 Å². The van der Waals surface area contributed by atoms with Gasteiger partial charge in [0.1, 0.15) is 29.0 Å². The van der Waals surface area contributed by atoms with E-state index in [1.807, 2.05) is 6.07 Å². The van der Waals surface area contributed by atoms with Gasteiger partial charge in [-0.1, -0.05) is 5.92 Å². The molecule has 3 aliphatic rings. The summed E-state index contributed by atoms with van der Waals surface area (Å²) in [6, 6.07) is 0.777. The van der Waals surface area contributed by atoms with E-state index < -0.39 is 35.4 Å². The number of likely N-dealkylation sites (tertiary alicyclic amines) is 1. The van der Waals surface area contributed by atoms with Crippen LogP contribution in [0.15, 0.2) is 12.3 Å². The number of aliphatic carboxylic acids is 1. The lowest BCUT2D eigenvalue weighted by atomic mass is 9.90. The zero-order chi connectivity index (χ0) is 24.7. The molecule has 1 unspecified atom stereocenters. The maximum atomic E-state index is 12.6. The minimum Gasteiger partial charge on any atom is -0.480 e. The van der Waals surface area contributed by atoms with Crippen LogP contribution in [0.5, 0.6) is 5.88 Å². The third-order valence-corrected chi connectivity index (χ3v) is 6.41. The highest BCUT2D eigenvalue weighted by Crippen LogP contribution is 2.39. The molecule has 1 N–H and O–H groups in total. The van der Waals surface area contributed by atoms with Gasteiger partial charge in [0, 0.05) is 24.7 Å². The quantitative estimate of drug-likeness (QED) is 0.656. The van der Waals surface area contributed by atoms with Crippen LogP contribution in [0.4, 0.5) is 10.5 Å². The molecule has 0 bridgehead atoms. The number of pyridine rings is 1. The lowest BCUT2D eigenvalue weighted by molar-refractivity contribution is -0.228. The van der Waals surface area contributed by atoms with Gasteiger partial charge in [-0.25, -0.2) is 14.6 Å². The molecule has 0 radical (unpaired) electrons. The molecule has 4 heterocycles. The molecule has 1 spiro atoms. The number of carboxylic acid groups (broad SMARTS) is 1. The zero-order valence-corrected chi connectivity index (χ0v) is 19.9. The van der Waals surface area contributed by atoms with Crippen LogP contribution in [0, 0.1) is 12.3 Å². The molecule has 1 aromatic heterocycles. The van der Waals surface area contributed by atoms with Gasteiger partial charge in [-0.05, 0) is 33.8 Å². The number of amides is 1. The van der Waals surface area contributed by atoms with Gasteiger partial charge in [-0.3, -0.25) is 4.90 Å². The summed E-state index contributed by atoms with van der Waals surface area (Å²) < 4.78 is 23.1. The second-order valence-corrected chi connectivity index (χ2v) is 9.93. The highest BCUT2D eigenvalue weighted by Gasteiger charge is 2.50. The van der Waals surface area contributed by atoms with Crippen LogP contribution in [-0.4, -0.2) is 89.4 Å². The van der Waals surface area contributed by atoms with Gasteiger partial charge >= 0.3 is 12.1 Å². The third-order valence-electron chi connectivity index (χ3n) is 6.41. The first kappa shape index (κ1) is 24.1. The van der Waals surface area contributed by atoms with E-state index in [1.165, 1.54) is 4.90 Å². The van der Waals surface area contributed by atoms with E-state index in [0.717, 1.165) is 0 Å². The average Bonchev–Trinajstić information content (AvgIpc) is 3.16. The van der Waals surface area contributed by atoms with Crippen molar-refractivity contribution in [1.29, 1.82) is 0 Å². The fraction of sp³-hybridized carbons (Fsp3) is 0.625. The smallest absolute Gasteiger partial charge is 0.411 e. The lowest BCUT2D eigenvalue weighted by Gasteiger charge is -2.53. The largest absolute Gasteiger partial charge is 0.480 e. The Bertz CT molecular complexity index is 995. The van der Waals surface area contributed by atoms with Crippen LogP contribution in [0.2, 0.25) is 0 Å². The number of terminal acetylenes is 1. The van der Waals surface area contributed by atoms with Gasteiger partial charge in [0.15, 0.2) is 0 Å². The minimum atomic E-state index is -1.11. The summed E-state index contributed by atoms with van der Waals surface area (Å²) in [6.45, 7) is 9.49. The van der Waals surface area contributed by atoms with Crippen molar-refractivity contribution in [2.75, 3.05) is 37.8 Å². The summed E-state index contributed by atoms with van der Waals surface area (Å²) in [5, 5.41) is 9.69. The molecule has 3 atom stereocenters. The Balaban J connectivity index is 1.57. The van der Waals surface area contributed by atoms with Crippen molar-refractivity contribution in [3.8, 4) is 18.2 Å². The van der Waals surface area contributed by atoms with Crippen LogP contribution < -0.4 is 9.64 Å². The summed E-state index contributed by atoms with van der Waals surface area (Å²) in [6.07, 6.45) is 6.02. The van der Waals surface area contributed by atoms with Gasteiger partial charge in [0.05, 0.1) is 32.4 Å². The van der Waals surface area contributed by atoms with Gasteiger partial charge < -0.3 is 29.0 Å². The Morgan fingerprint density at radius 1 is 1.35 bits per heavy atom. The number of ether oxygens (including phenoxy) is 4. The molecule has 10 nitrogen and oxygen atoms in total. The van der Waals surface area contributed by atoms with E-state index in [2.05, 4.69) is 22.7 Å². The minimum absolute atomic E-state index is 0.0132. The summed E-state index contributed by atoms with van der Waals surface area (Å²) in [5.74, 6) is 1.84. The highest BCUT2D eigenvalue weighted by atomic mass is 16.6. The second kappa shape index (κ2) is 8.96. The van der Waals surface area contributed by atoms with Crippen LogP contribution in [0.1, 0.15) is 39.7 Å². The van der Waals surface area contributed by atoms with Gasteiger partial charge in [0.2, 0.25) is 5.88 Å². The third kappa shape index (κ3) is 4.63. The number of nitrogens with zero attached hydrogens (tertiary/aromatic N) is 3. The molecule has 1 amide bonds. The molecular formula is C24H31N3O7. The van der Waals surface area contributed by atoms with Crippen molar-refractivity contribution in [2.24, 2.45) is 0 Å². The maximum Gasteiger partial charge on any atom is 0.411 e. The molecule has 34 heavy (non-hydrogen) atoms. The SMILES string of the molecule is C#Cc1cnc(OC2C[C@@H](C(=O)O)N(C(=O)OC(C)(C)C)C2)c(N2CCOC3(COC3)[C@@H]2C)c1. The van der Waals surface area contributed by atoms with Crippen LogP contribution in [0.25, 0.3) is 0 Å². The summed E-state index contributed by atoms with van der Waals surface area (Å²) in [5.41, 5.74) is 0.175. The number of carbonyl (C=O) groups is 2. The van der Waals surface area contributed by atoms with Crippen LogP contribution in [-0.2, 0) is 19.0 Å². The van der Waals surface area contributed by atoms with Crippen LogP contribution >= 0.6 is 0 Å². The molecule has 0 aromatic carbocycles. The van der Waals surface area contributed by atoms with E-state index in [9.17, 15) is 14.7 Å². The van der Waals surface area contributed by atoms with E-state index in [0.29, 0.717) is 43.5 Å². The van der Waals surface area contributed by atoms with E-state index in [-0.39, 0.29) is 19.0 Å². The Hall–Kier alpha value is -3.03. The Morgan fingerprint density at radius 2 is 2.09 bits per heavy atom. The number of morpholine rings is 1. The fourth-order valence-electron chi connectivity index (χ4n) is 4.52. The number of hydrogen-bond acceptors (Lipinski definition) is 8.